The summed E-state index contributed by atoms with van der Waals surface area (Å²) in [5.74, 6) is 0.662. The summed E-state index contributed by atoms with van der Waals surface area (Å²) in [5, 5.41) is 0. The van der Waals surface area contributed by atoms with Crippen LogP contribution in [0.15, 0.2) is 24.3 Å². The number of benzene rings is 1. The number of hydrogen-bond acceptors (Lipinski definition) is 3. The van der Waals surface area contributed by atoms with Gasteiger partial charge in [0, 0.05) is 57.9 Å². The van der Waals surface area contributed by atoms with Crippen molar-refractivity contribution < 1.29 is 13.9 Å². The summed E-state index contributed by atoms with van der Waals surface area (Å²) < 4.78 is 19.3. The van der Waals surface area contributed by atoms with Gasteiger partial charge in [-0.15, -0.1) is 0 Å². The molecule has 1 aromatic carbocycles. The molecule has 25 heavy (non-hydrogen) atoms. The van der Waals surface area contributed by atoms with Crippen molar-refractivity contribution in [2.75, 3.05) is 39.4 Å². The Morgan fingerprint density at radius 3 is 2.84 bits per heavy atom. The second kappa shape index (κ2) is 9.30. The Morgan fingerprint density at radius 2 is 2.04 bits per heavy atom. The summed E-state index contributed by atoms with van der Waals surface area (Å²) in [6, 6.07) is 6.95. The molecule has 0 radical (unpaired) electrons. The highest BCUT2D eigenvalue weighted by Gasteiger charge is 2.21. The largest absolute Gasteiger partial charge is 0.381 e. The second-order valence-electron chi connectivity index (χ2n) is 7.22. The van der Waals surface area contributed by atoms with Crippen LogP contribution in [0.4, 0.5) is 4.39 Å². The van der Waals surface area contributed by atoms with Crippen molar-refractivity contribution >= 4 is 5.91 Å². The van der Waals surface area contributed by atoms with Crippen molar-refractivity contribution in [1.29, 1.82) is 0 Å². The van der Waals surface area contributed by atoms with Crippen molar-refractivity contribution in [2.45, 2.75) is 38.6 Å². The van der Waals surface area contributed by atoms with Gasteiger partial charge in [0.1, 0.15) is 5.82 Å². The van der Waals surface area contributed by atoms with E-state index in [0.717, 1.165) is 64.2 Å². The van der Waals surface area contributed by atoms with Gasteiger partial charge < -0.3 is 9.64 Å². The van der Waals surface area contributed by atoms with E-state index in [1.165, 1.54) is 12.5 Å². The van der Waals surface area contributed by atoms with Gasteiger partial charge >= 0.3 is 0 Å². The standard InChI is InChI=1S/C20H29FN2O2/c21-19-7-2-1-6-18(19)15-22-10-4-11-23(13-12-22)20(24)9-8-17-5-3-14-25-16-17/h1-2,6-7,17H,3-5,8-16H2/t17-/m0/s1. The third kappa shape index (κ3) is 5.51. The fourth-order valence-electron chi connectivity index (χ4n) is 3.77. The lowest BCUT2D eigenvalue weighted by atomic mass is 9.96. The molecular weight excluding hydrogens is 319 g/mol. The number of carbonyl (C=O) groups excluding carboxylic acids is 1. The van der Waals surface area contributed by atoms with Gasteiger partial charge in [-0.05, 0) is 37.7 Å². The number of halogens is 1. The van der Waals surface area contributed by atoms with Crippen molar-refractivity contribution in [3.8, 4) is 0 Å². The molecule has 2 saturated heterocycles. The number of ether oxygens (including phenoxy) is 1. The fourth-order valence-corrected chi connectivity index (χ4v) is 3.77. The molecule has 0 aromatic heterocycles. The lowest BCUT2D eigenvalue weighted by molar-refractivity contribution is -0.131. The first-order valence-electron chi connectivity index (χ1n) is 9.53. The summed E-state index contributed by atoms with van der Waals surface area (Å²) in [6.45, 7) is 5.58. The summed E-state index contributed by atoms with van der Waals surface area (Å²) in [7, 11) is 0. The molecule has 0 spiro atoms. The Bertz CT molecular complexity index is 560. The van der Waals surface area contributed by atoms with Gasteiger partial charge in [-0.3, -0.25) is 9.69 Å². The summed E-state index contributed by atoms with van der Waals surface area (Å²) >= 11 is 0. The first-order chi connectivity index (χ1) is 12.2. The smallest absolute Gasteiger partial charge is 0.222 e. The summed E-state index contributed by atoms with van der Waals surface area (Å²) in [5.41, 5.74) is 0.736. The summed E-state index contributed by atoms with van der Waals surface area (Å²) in [4.78, 5) is 16.8. The van der Waals surface area contributed by atoms with Crippen LogP contribution in [0.1, 0.15) is 37.7 Å². The minimum atomic E-state index is -0.144. The molecule has 4 nitrogen and oxygen atoms in total. The van der Waals surface area contributed by atoms with Gasteiger partial charge in [0.15, 0.2) is 0 Å². The Hall–Kier alpha value is -1.46. The van der Waals surface area contributed by atoms with Crippen LogP contribution in [-0.4, -0.2) is 55.1 Å². The topological polar surface area (TPSA) is 32.8 Å². The third-order valence-corrected chi connectivity index (χ3v) is 5.31. The van der Waals surface area contributed by atoms with Gasteiger partial charge in [-0.25, -0.2) is 4.39 Å². The average molecular weight is 348 g/mol. The van der Waals surface area contributed by atoms with E-state index in [9.17, 15) is 9.18 Å². The number of rotatable bonds is 5. The number of hydrogen-bond donors (Lipinski definition) is 0. The normalized spacial score (nSPS) is 22.6. The molecule has 0 saturated carbocycles. The van der Waals surface area contributed by atoms with Gasteiger partial charge in [-0.1, -0.05) is 18.2 Å². The maximum atomic E-state index is 13.8. The molecule has 2 heterocycles. The molecule has 0 unspecified atom stereocenters. The van der Waals surface area contributed by atoms with E-state index >= 15 is 0 Å². The van der Waals surface area contributed by atoms with Crippen molar-refractivity contribution in [3.63, 3.8) is 0 Å². The van der Waals surface area contributed by atoms with Crippen molar-refractivity contribution in [3.05, 3.63) is 35.6 Å². The number of amides is 1. The van der Waals surface area contributed by atoms with Crippen LogP contribution >= 0.6 is 0 Å². The van der Waals surface area contributed by atoms with Crippen LogP contribution in [0.2, 0.25) is 0 Å². The monoisotopic (exact) mass is 348 g/mol. The van der Waals surface area contributed by atoms with Crippen LogP contribution in [0.5, 0.6) is 0 Å². The second-order valence-corrected chi connectivity index (χ2v) is 7.22. The minimum Gasteiger partial charge on any atom is -0.381 e. The highest BCUT2D eigenvalue weighted by atomic mass is 19.1. The molecule has 1 aromatic rings. The molecule has 0 aliphatic carbocycles. The molecule has 2 aliphatic rings. The molecule has 138 valence electrons. The predicted molar refractivity (Wildman–Crippen MR) is 95.7 cm³/mol. The minimum absolute atomic E-state index is 0.144. The molecule has 1 amide bonds. The molecule has 2 aliphatic heterocycles. The van der Waals surface area contributed by atoms with Crippen LogP contribution in [0, 0.1) is 11.7 Å². The zero-order chi connectivity index (χ0) is 17.5. The van der Waals surface area contributed by atoms with E-state index < -0.39 is 0 Å². The molecule has 1 atom stereocenters. The maximum absolute atomic E-state index is 13.8. The van der Waals surface area contributed by atoms with E-state index in [1.807, 2.05) is 17.0 Å². The molecule has 5 heteroatoms. The van der Waals surface area contributed by atoms with Crippen LogP contribution in [0.3, 0.4) is 0 Å². The fraction of sp³-hybridized carbons (Fsp3) is 0.650. The Morgan fingerprint density at radius 1 is 1.16 bits per heavy atom. The highest BCUT2D eigenvalue weighted by molar-refractivity contribution is 5.76. The van der Waals surface area contributed by atoms with Crippen molar-refractivity contribution in [2.24, 2.45) is 5.92 Å². The first kappa shape index (κ1) is 18.3. The lowest BCUT2D eigenvalue weighted by Gasteiger charge is -2.25. The summed E-state index contributed by atoms with van der Waals surface area (Å²) in [6.07, 6.45) is 4.82. The number of carbonyl (C=O) groups is 1. The number of nitrogens with zero attached hydrogens (tertiary/aromatic N) is 2. The Balaban J connectivity index is 1.44. The molecule has 0 bridgehead atoms. The van der Waals surface area contributed by atoms with Crippen LogP contribution in [-0.2, 0) is 16.1 Å². The lowest BCUT2D eigenvalue weighted by Crippen LogP contribution is -2.35. The quantitative estimate of drug-likeness (QED) is 0.820. The average Bonchev–Trinajstić information content (AvgIpc) is 2.88. The van der Waals surface area contributed by atoms with E-state index in [2.05, 4.69) is 4.90 Å². The zero-order valence-electron chi connectivity index (χ0n) is 15.0. The third-order valence-electron chi connectivity index (χ3n) is 5.31. The maximum Gasteiger partial charge on any atom is 0.222 e. The van der Waals surface area contributed by atoms with Gasteiger partial charge in [0.05, 0.1) is 0 Å². The van der Waals surface area contributed by atoms with Crippen molar-refractivity contribution in [1.82, 2.24) is 9.80 Å². The van der Waals surface area contributed by atoms with E-state index in [0.29, 0.717) is 18.9 Å². The molecule has 2 fully saturated rings. The van der Waals surface area contributed by atoms with Gasteiger partial charge in [0.2, 0.25) is 5.91 Å². The molecule has 0 N–H and O–H groups in total. The zero-order valence-corrected chi connectivity index (χ0v) is 15.0. The van der Waals surface area contributed by atoms with Gasteiger partial charge in [-0.2, -0.15) is 0 Å². The van der Waals surface area contributed by atoms with E-state index in [-0.39, 0.29) is 11.7 Å². The Kier molecular flexibility index (Phi) is 6.82. The van der Waals surface area contributed by atoms with E-state index in [1.54, 1.807) is 6.07 Å². The molecule has 3 rings (SSSR count). The molecular formula is C20H29FN2O2. The SMILES string of the molecule is O=C(CC[C@@H]1CCCOC1)N1CCCN(Cc2ccccc2F)CC1. The van der Waals surface area contributed by atoms with Crippen LogP contribution < -0.4 is 0 Å². The van der Waals surface area contributed by atoms with E-state index in [4.69, 9.17) is 4.74 Å². The predicted octanol–water partition coefficient (Wildman–Crippen LogP) is 3.07. The Labute approximate surface area is 149 Å². The van der Waals surface area contributed by atoms with Gasteiger partial charge in [0.25, 0.3) is 0 Å². The van der Waals surface area contributed by atoms with Crippen LogP contribution in [0.25, 0.3) is 0 Å². The highest BCUT2D eigenvalue weighted by Crippen LogP contribution is 2.20. The first-order valence-corrected chi connectivity index (χ1v) is 9.53.